The molecule has 0 aromatic heterocycles. The van der Waals surface area contributed by atoms with Crippen LogP contribution < -0.4 is 10.6 Å². The fourth-order valence-corrected chi connectivity index (χ4v) is 3.61. The summed E-state index contributed by atoms with van der Waals surface area (Å²) in [5, 5.41) is 16.3. The number of aliphatic hydroxyl groups is 1. The van der Waals surface area contributed by atoms with Gasteiger partial charge in [0.15, 0.2) is 5.96 Å². The van der Waals surface area contributed by atoms with Crippen molar-refractivity contribution in [2.24, 2.45) is 4.99 Å². The van der Waals surface area contributed by atoms with Gasteiger partial charge in [-0.1, -0.05) is 18.2 Å². The standard InChI is InChI=1S/C19H32N4OS/c1-2-20-19(22-12-16-25-18-7-4-3-5-8-18)21-11-6-13-23-14-9-17(24)10-15-23/h3-5,7-8,17,24H,2,6,9-16H2,1H3,(H2,20,21,22). The van der Waals surface area contributed by atoms with Crippen LogP contribution in [0, 0.1) is 0 Å². The van der Waals surface area contributed by atoms with Gasteiger partial charge in [-0.25, -0.2) is 0 Å². The molecule has 1 saturated heterocycles. The van der Waals surface area contributed by atoms with Gasteiger partial charge in [-0.2, -0.15) is 0 Å². The highest BCUT2D eigenvalue weighted by atomic mass is 32.2. The highest BCUT2D eigenvalue weighted by Gasteiger charge is 2.15. The first kappa shape index (κ1) is 20.1. The average Bonchev–Trinajstić information content (AvgIpc) is 2.64. The molecule has 25 heavy (non-hydrogen) atoms. The van der Waals surface area contributed by atoms with E-state index in [0.717, 1.165) is 70.2 Å². The third-order valence-corrected chi connectivity index (χ3v) is 5.22. The molecule has 1 aliphatic heterocycles. The molecule has 0 radical (unpaired) electrons. The number of hydrogen-bond donors (Lipinski definition) is 3. The van der Waals surface area contributed by atoms with Crippen LogP contribution in [-0.2, 0) is 0 Å². The minimum absolute atomic E-state index is 0.0902. The SMILES string of the molecule is CCNC(=NCCCN1CCC(O)CC1)NCCSc1ccccc1. The van der Waals surface area contributed by atoms with Crippen LogP contribution in [0.5, 0.6) is 0 Å². The third kappa shape index (κ3) is 8.61. The van der Waals surface area contributed by atoms with Crippen LogP contribution in [0.1, 0.15) is 26.2 Å². The van der Waals surface area contributed by atoms with Crippen molar-refractivity contribution in [1.29, 1.82) is 0 Å². The van der Waals surface area contributed by atoms with Crippen molar-refractivity contribution in [3.8, 4) is 0 Å². The van der Waals surface area contributed by atoms with Gasteiger partial charge in [0.05, 0.1) is 6.10 Å². The molecule has 6 heteroatoms. The van der Waals surface area contributed by atoms with Crippen LogP contribution in [0.15, 0.2) is 40.2 Å². The third-order valence-electron chi connectivity index (χ3n) is 4.21. The number of benzene rings is 1. The normalized spacial score (nSPS) is 16.8. The van der Waals surface area contributed by atoms with Crippen molar-refractivity contribution in [1.82, 2.24) is 15.5 Å². The largest absolute Gasteiger partial charge is 0.393 e. The summed E-state index contributed by atoms with van der Waals surface area (Å²) in [6, 6.07) is 10.5. The Labute approximate surface area is 156 Å². The fraction of sp³-hybridized carbons (Fsp3) is 0.632. The van der Waals surface area contributed by atoms with Gasteiger partial charge in [-0.15, -0.1) is 11.8 Å². The van der Waals surface area contributed by atoms with E-state index < -0.39 is 0 Å². The Kier molecular flexibility index (Phi) is 9.77. The molecule has 0 bridgehead atoms. The van der Waals surface area contributed by atoms with E-state index in [1.807, 2.05) is 17.8 Å². The molecule has 5 nitrogen and oxygen atoms in total. The molecule has 1 fully saturated rings. The van der Waals surface area contributed by atoms with Crippen LogP contribution in [0.25, 0.3) is 0 Å². The first-order valence-electron chi connectivity index (χ1n) is 9.38. The first-order valence-corrected chi connectivity index (χ1v) is 10.4. The molecule has 1 heterocycles. The molecule has 0 atom stereocenters. The summed E-state index contributed by atoms with van der Waals surface area (Å²) in [6.07, 6.45) is 2.79. The van der Waals surface area contributed by atoms with Crippen molar-refractivity contribution < 1.29 is 5.11 Å². The number of nitrogens with one attached hydrogen (secondary N) is 2. The second-order valence-electron chi connectivity index (χ2n) is 6.28. The Balaban J connectivity index is 1.60. The van der Waals surface area contributed by atoms with E-state index in [2.05, 4.69) is 51.7 Å². The molecule has 3 N–H and O–H groups in total. The lowest BCUT2D eigenvalue weighted by Crippen LogP contribution is -2.39. The lowest BCUT2D eigenvalue weighted by atomic mass is 10.1. The zero-order valence-corrected chi connectivity index (χ0v) is 16.1. The van der Waals surface area contributed by atoms with Crippen LogP contribution in [0.4, 0.5) is 0 Å². The quantitative estimate of drug-likeness (QED) is 0.271. The number of likely N-dealkylation sites (tertiary alicyclic amines) is 1. The smallest absolute Gasteiger partial charge is 0.191 e. The van der Waals surface area contributed by atoms with Gasteiger partial charge >= 0.3 is 0 Å². The van der Waals surface area contributed by atoms with E-state index in [1.54, 1.807) is 0 Å². The molecular weight excluding hydrogens is 332 g/mol. The number of aliphatic hydroxyl groups excluding tert-OH is 1. The maximum Gasteiger partial charge on any atom is 0.191 e. The molecule has 140 valence electrons. The fourth-order valence-electron chi connectivity index (χ4n) is 2.82. The van der Waals surface area contributed by atoms with Crippen LogP contribution in [-0.4, -0.2) is 67.1 Å². The molecule has 1 aliphatic rings. The van der Waals surface area contributed by atoms with Gasteiger partial charge in [-0.3, -0.25) is 4.99 Å². The second kappa shape index (κ2) is 12.2. The number of rotatable bonds is 9. The Morgan fingerprint density at radius 3 is 2.72 bits per heavy atom. The summed E-state index contributed by atoms with van der Waals surface area (Å²) in [5.74, 6) is 1.93. The Morgan fingerprint density at radius 2 is 2.00 bits per heavy atom. The van der Waals surface area contributed by atoms with E-state index in [0.29, 0.717) is 0 Å². The summed E-state index contributed by atoms with van der Waals surface area (Å²) < 4.78 is 0. The minimum Gasteiger partial charge on any atom is -0.393 e. The molecule has 1 aromatic carbocycles. The summed E-state index contributed by atoms with van der Waals surface area (Å²) >= 11 is 1.86. The molecule has 0 aliphatic carbocycles. The summed E-state index contributed by atoms with van der Waals surface area (Å²) in [6.45, 7) is 7.80. The maximum atomic E-state index is 9.54. The highest BCUT2D eigenvalue weighted by Crippen LogP contribution is 2.15. The van der Waals surface area contributed by atoms with Gasteiger partial charge in [0, 0.05) is 43.4 Å². The van der Waals surface area contributed by atoms with Crippen LogP contribution >= 0.6 is 11.8 Å². The van der Waals surface area contributed by atoms with Gasteiger partial charge in [0.2, 0.25) is 0 Å². The van der Waals surface area contributed by atoms with Gasteiger partial charge in [0.25, 0.3) is 0 Å². The molecular formula is C19H32N4OS. The van der Waals surface area contributed by atoms with Crippen molar-refractivity contribution in [2.75, 3.05) is 45.0 Å². The Bertz CT molecular complexity index is 489. The number of hydrogen-bond acceptors (Lipinski definition) is 4. The van der Waals surface area contributed by atoms with Crippen molar-refractivity contribution in [3.05, 3.63) is 30.3 Å². The molecule has 0 saturated carbocycles. The predicted molar refractivity (Wildman–Crippen MR) is 107 cm³/mol. The minimum atomic E-state index is -0.0902. The summed E-state index contributed by atoms with van der Waals surface area (Å²) in [4.78, 5) is 8.40. The van der Waals surface area contributed by atoms with E-state index in [-0.39, 0.29) is 6.10 Å². The molecule has 0 amide bonds. The molecule has 1 aromatic rings. The van der Waals surface area contributed by atoms with E-state index in [9.17, 15) is 5.11 Å². The average molecular weight is 365 g/mol. The lowest BCUT2D eigenvalue weighted by molar-refractivity contribution is 0.0824. The van der Waals surface area contributed by atoms with Gasteiger partial charge in [0.1, 0.15) is 0 Å². The summed E-state index contributed by atoms with van der Waals surface area (Å²) in [5.41, 5.74) is 0. The number of aliphatic imine (C=N–C) groups is 1. The van der Waals surface area contributed by atoms with Gasteiger partial charge in [-0.05, 0) is 44.9 Å². The van der Waals surface area contributed by atoms with E-state index in [1.165, 1.54) is 4.90 Å². The Hall–Kier alpha value is -1.24. The molecule has 0 unspecified atom stereocenters. The van der Waals surface area contributed by atoms with Crippen LogP contribution in [0.3, 0.4) is 0 Å². The zero-order chi connectivity index (χ0) is 17.7. The van der Waals surface area contributed by atoms with Crippen molar-refractivity contribution >= 4 is 17.7 Å². The lowest BCUT2D eigenvalue weighted by Gasteiger charge is -2.29. The first-order chi connectivity index (χ1) is 12.3. The second-order valence-corrected chi connectivity index (χ2v) is 7.44. The van der Waals surface area contributed by atoms with Crippen molar-refractivity contribution in [3.63, 3.8) is 0 Å². The zero-order valence-electron chi connectivity index (χ0n) is 15.3. The molecule has 2 rings (SSSR count). The maximum absolute atomic E-state index is 9.54. The highest BCUT2D eigenvalue weighted by molar-refractivity contribution is 7.99. The number of nitrogens with zero attached hydrogens (tertiary/aromatic N) is 2. The Morgan fingerprint density at radius 1 is 1.24 bits per heavy atom. The topological polar surface area (TPSA) is 59.9 Å². The number of piperidine rings is 1. The number of thioether (sulfide) groups is 1. The number of guanidine groups is 1. The molecule has 0 spiro atoms. The van der Waals surface area contributed by atoms with Gasteiger partial charge < -0.3 is 20.6 Å². The predicted octanol–water partition coefficient (Wildman–Crippen LogP) is 2.18. The summed E-state index contributed by atoms with van der Waals surface area (Å²) in [7, 11) is 0. The van der Waals surface area contributed by atoms with Crippen LogP contribution in [0.2, 0.25) is 0 Å². The van der Waals surface area contributed by atoms with E-state index in [4.69, 9.17) is 0 Å². The van der Waals surface area contributed by atoms with Crippen molar-refractivity contribution in [2.45, 2.75) is 37.2 Å². The van der Waals surface area contributed by atoms with E-state index >= 15 is 0 Å². The monoisotopic (exact) mass is 364 g/mol.